The highest BCUT2D eigenvalue weighted by Crippen LogP contribution is 2.37. The van der Waals surface area contributed by atoms with Crippen molar-refractivity contribution in [3.8, 4) is 17.0 Å². The molecule has 11 heteroatoms. The van der Waals surface area contributed by atoms with Gasteiger partial charge < -0.3 is 30.3 Å². The van der Waals surface area contributed by atoms with Crippen molar-refractivity contribution in [2.45, 2.75) is 57.5 Å². The van der Waals surface area contributed by atoms with Crippen LogP contribution < -0.4 is 20.7 Å². The monoisotopic (exact) mass is 575 g/mol. The molecule has 0 amide bonds. The smallest absolute Gasteiger partial charge is 0.174 e. The first-order valence-electron chi connectivity index (χ1n) is 15.6. The lowest BCUT2D eigenvalue weighted by atomic mass is 10.1. The van der Waals surface area contributed by atoms with E-state index >= 15 is 0 Å². The van der Waals surface area contributed by atoms with Gasteiger partial charge in [-0.3, -0.25) is 4.90 Å². The van der Waals surface area contributed by atoms with Gasteiger partial charge in [0.1, 0.15) is 28.3 Å². The second-order valence-electron chi connectivity index (χ2n) is 11.8. The molecule has 5 heterocycles. The van der Waals surface area contributed by atoms with Crippen LogP contribution in [-0.4, -0.2) is 109 Å². The number of rotatable bonds is 7. The normalized spacial score (nSPS) is 21.4. The van der Waals surface area contributed by atoms with Crippen LogP contribution in [-0.2, 0) is 11.2 Å². The van der Waals surface area contributed by atoms with Crippen LogP contribution in [0.5, 0.6) is 5.75 Å². The van der Waals surface area contributed by atoms with Crippen molar-refractivity contribution in [3.05, 3.63) is 23.9 Å². The Morgan fingerprint density at radius 3 is 2.55 bits per heavy atom. The molecule has 3 fully saturated rings. The summed E-state index contributed by atoms with van der Waals surface area (Å²) in [6, 6.07) is 7.26. The number of ether oxygens (including phenoxy) is 2. The Morgan fingerprint density at radius 1 is 0.976 bits per heavy atom. The minimum atomic E-state index is 0.289. The summed E-state index contributed by atoms with van der Waals surface area (Å²) in [6.45, 7) is 10.3. The van der Waals surface area contributed by atoms with Crippen molar-refractivity contribution in [1.29, 1.82) is 0 Å². The topological polar surface area (TPSA) is 118 Å². The maximum absolute atomic E-state index is 6.28. The molecule has 0 spiro atoms. The van der Waals surface area contributed by atoms with Crippen LogP contribution in [0.1, 0.15) is 44.7 Å². The minimum Gasteiger partial charge on any atom is -0.495 e. The number of nitrogens with one attached hydrogen (secondary N) is 1. The third-order valence-electron chi connectivity index (χ3n) is 9.14. The summed E-state index contributed by atoms with van der Waals surface area (Å²) in [7, 11) is 3.96. The highest BCUT2D eigenvalue weighted by atomic mass is 16.5. The molecule has 3 aliphatic heterocycles. The van der Waals surface area contributed by atoms with Crippen molar-refractivity contribution in [1.82, 2.24) is 30.0 Å². The molecule has 1 aromatic carbocycles. The third-order valence-corrected chi connectivity index (χ3v) is 9.14. The molecule has 226 valence electrons. The number of benzene rings is 1. The van der Waals surface area contributed by atoms with E-state index < -0.39 is 0 Å². The van der Waals surface area contributed by atoms with E-state index in [1.54, 1.807) is 7.11 Å². The van der Waals surface area contributed by atoms with Crippen LogP contribution in [0.15, 0.2) is 18.2 Å². The Bertz CT molecular complexity index is 1370. The van der Waals surface area contributed by atoms with Crippen molar-refractivity contribution < 1.29 is 9.47 Å². The predicted octanol–water partition coefficient (Wildman–Crippen LogP) is 3.44. The zero-order chi connectivity index (χ0) is 29.1. The molecule has 0 aliphatic carbocycles. The number of methoxy groups -OCH3 is 1. The number of nitrogens with two attached hydrogens (primary N) is 1. The molecular formula is C31H45N9O2. The minimum absolute atomic E-state index is 0.289. The van der Waals surface area contributed by atoms with Crippen LogP contribution in [0, 0.1) is 0 Å². The van der Waals surface area contributed by atoms with Crippen molar-refractivity contribution >= 4 is 28.4 Å². The maximum Gasteiger partial charge on any atom is 0.174 e. The van der Waals surface area contributed by atoms with Gasteiger partial charge in [-0.1, -0.05) is 13.0 Å². The Labute approximate surface area is 248 Å². The number of piperazine rings is 1. The summed E-state index contributed by atoms with van der Waals surface area (Å²) < 4.78 is 11.5. The van der Waals surface area contributed by atoms with Crippen LogP contribution >= 0.6 is 0 Å². The van der Waals surface area contributed by atoms with E-state index in [4.69, 9.17) is 25.2 Å². The van der Waals surface area contributed by atoms with Crippen LogP contribution in [0.4, 0.5) is 17.3 Å². The lowest BCUT2D eigenvalue weighted by molar-refractivity contribution is 0.0903. The molecule has 3 N–H and O–H groups in total. The highest BCUT2D eigenvalue weighted by Gasteiger charge is 2.27. The Kier molecular flexibility index (Phi) is 8.87. The molecule has 0 bridgehead atoms. The van der Waals surface area contributed by atoms with Gasteiger partial charge in [-0.05, 0) is 57.7 Å². The lowest BCUT2D eigenvalue weighted by Gasteiger charge is -2.37. The highest BCUT2D eigenvalue weighted by molar-refractivity contribution is 5.95. The molecule has 6 rings (SSSR count). The standard InChI is InChI=1S/C31H45N9O2/c1-4-24-31(33-22-10-18-42-19-11-22)35-28-27(36-37-30(32)29(28)34-24)21-7-8-25(26(20-21)41-3)40-12-5-6-23(9-13-40)39-16-14-38(2)15-17-39/h7-8,20,22-23H,4-6,9-19H2,1-3H3,(H2,32,37)(H,33,35). The first-order valence-corrected chi connectivity index (χ1v) is 15.6. The van der Waals surface area contributed by atoms with E-state index in [1.807, 2.05) is 0 Å². The number of likely N-dealkylation sites (N-methyl/N-ethyl adjacent to an activating group) is 1. The van der Waals surface area contributed by atoms with Gasteiger partial charge in [0.2, 0.25) is 0 Å². The molecule has 3 aliphatic rings. The summed E-state index contributed by atoms with van der Waals surface area (Å²) in [5.74, 6) is 1.90. The number of nitrogen functional groups attached to an aromatic ring is 1. The van der Waals surface area contributed by atoms with Gasteiger partial charge >= 0.3 is 0 Å². The van der Waals surface area contributed by atoms with E-state index in [0.717, 1.165) is 87.2 Å². The van der Waals surface area contributed by atoms with Crippen molar-refractivity contribution in [2.75, 3.05) is 82.6 Å². The maximum atomic E-state index is 6.28. The van der Waals surface area contributed by atoms with Crippen molar-refractivity contribution in [3.63, 3.8) is 0 Å². The van der Waals surface area contributed by atoms with E-state index in [2.05, 4.69) is 62.4 Å². The molecule has 11 nitrogen and oxygen atoms in total. The molecule has 1 atom stereocenters. The van der Waals surface area contributed by atoms with Gasteiger partial charge in [0.05, 0.1) is 18.5 Å². The summed E-state index contributed by atoms with van der Waals surface area (Å²) in [5.41, 5.74) is 11.0. The first-order chi connectivity index (χ1) is 20.5. The molecule has 0 saturated carbocycles. The number of aromatic nitrogens is 4. The fraction of sp³-hybridized carbons (Fsp3) is 0.613. The molecule has 2 aromatic heterocycles. The summed E-state index contributed by atoms with van der Waals surface area (Å²) in [5, 5.41) is 12.4. The molecule has 1 unspecified atom stereocenters. The van der Waals surface area contributed by atoms with Gasteiger partial charge in [0, 0.05) is 70.1 Å². The van der Waals surface area contributed by atoms with Gasteiger partial charge in [-0.15, -0.1) is 10.2 Å². The second-order valence-corrected chi connectivity index (χ2v) is 11.8. The average molecular weight is 576 g/mol. The number of aryl methyl sites for hydroxylation is 1. The molecular weight excluding hydrogens is 530 g/mol. The van der Waals surface area contributed by atoms with Gasteiger partial charge in [-0.25, -0.2) is 9.97 Å². The number of fused-ring (bicyclic) bond motifs is 1. The number of hydrogen-bond donors (Lipinski definition) is 2. The van der Waals surface area contributed by atoms with Gasteiger partial charge in [-0.2, -0.15) is 0 Å². The Morgan fingerprint density at radius 2 is 1.79 bits per heavy atom. The summed E-state index contributed by atoms with van der Waals surface area (Å²) in [6.07, 6.45) is 6.21. The SMILES string of the molecule is CCc1nc2c(N)nnc(-c3ccc(N4CCCC(N5CCN(C)CC5)CC4)c(OC)c3)c2nc1NC1CCOCC1. The summed E-state index contributed by atoms with van der Waals surface area (Å²) in [4.78, 5) is 17.6. The fourth-order valence-electron chi connectivity index (χ4n) is 6.56. The average Bonchev–Trinajstić information content (AvgIpc) is 3.28. The van der Waals surface area contributed by atoms with E-state index in [1.165, 1.54) is 32.4 Å². The van der Waals surface area contributed by atoms with E-state index in [9.17, 15) is 0 Å². The molecule has 3 saturated heterocycles. The lowest BCUT2D eigenvalue weighted by Crippen LogP contribution is -2.49. The molecule has 42 heavy (non-hydrogen) atoms. The third kappa shape index (κ3) is 6.09. The first kappa shape index (κ1) is 28.8. The van der Waals surface area contributed by atoms with Crippen LogP contribution in [0.25, 0.3) is 22.3 Å². The summed E-state index contributed by atoms with van der Waals surface area (Å²) >= 11 is 0. The van der Waals surface area contributed by atoms with Crippen LogP contribution in [0.3, 0.4) is 0 Å². The van der Waals surface area contributed by atoms with Gasteiger partial charge in [0.25, 0.3) is 0 Å². The Balaban J connectivity index is 1.27. The molecule has 0 radical (unpaired) electrons. The van der Waals surface area contributed by atoms with Gasteiger partial charge in [0.15, 0.2) is 5.82 Å². The van der Waals surface area contributed by atoms with E-state index in [-0.39, 0.29) is 5.82 Å². The quantitative estimate of drug-likeness (QED) is 0.431. The van der Waals surface area contributed by atoms with Crippen LogP contribution in [0.2, 0.25) is 0 Å². The number of hydrogen-bond acceptors (Lipinski definition) is 11. The van der Waals surface area contributed by atoms with E-state index in [0.29, 0.717) is 28.8 Å². The molecule has 3 aromatic rings. The Hall–Kier alpha value is -3.28. The number of anilines is 3. The largest absolute Gasteiger partial charge is 0.495 e. The zero-order valence-corrected chi connectivity index (χ0v) is 25.3. The van der Waals surface area contributed by atoms with Crippen molar-refractivity contribution in [2.24, 2.45) is 0 Å². The zero-order valence-electron chi connectivity index (χ0n) is 25.3. The predicted molar refractivity (Wildman–Crippen MR) is 167 cm³/mol. The number of nitrogens with zero attached hydrogens (tertiary/aromatic N) is 7. The fourth-order valence-corrected chi connectivity index (χ4v) is 6.56. The second kappa shape index (κ2) is 12.9.